The molecule has 1 heterocycles. The fourth-order valence-corrected chi connectivity index (χ4v) is 3.10. The van der Waals surface area contributed by atoms with E-state index in [0.29, 0.717) is 6.54 Å². The maximum Gasteiger partial charge on any atom is 0.338 e. The topological polar surface area (TPSA) is 102 Å². The van der Waals surface area contributed by atoms with Gasteiger partial charge in [-0.15, -0.1) is 0 Å². The highest BCUT2D eigenvalue weighted by molar-refractivity contribution is 5.98. The number of carbonyl (C=O) groups excluding carboxylic acids is 2. The van der Waals surface area contributed by atoms with Crippen LogP contribution in [0.5, 0.6) is 0 Å². The Morgan fingerprint density at radius 2 is 2.04 bits per heavy atom. The molecule has 27 heavy (non-hydrogen) atoms. The Kier molecular flexibility index (Phi) is 5.35. The zero-order chi connectivity index (χ0) is 19.4. The number of hydrogen-bond acceptors (Lipinski definition) is 6. The lowest BCUT2D eigenvalue weighted by atomic mass is 10.0. The zero-order valence-corrected chi connectivity index (χ0v) is 14.8. The van der Waals surface area contributed by atoms with Crippen molar-refractivity contribution in [2.45, 2.75) is 12.8 Å². The Labute approximate surface area is 155 Å². The van der Waals surface area contributed by atoms with Crippen LogP contribution in [-0.2, 0) is 16.0 Å². The third-order valence-corrected chi connectivity index (χ3v) is 4.44. The molecule has 8 heteroatoms. The van der Waals surface area contributed by atoms with Crippen molar-refractivity contribution in [3.8, 4) is 0 Å². The first-order valence-corrected chi connectivity index (χ1v) is 8.53. The maximum atomic E-state index is 12.5. The van der Waals surface area contributed by atoms with Gasteiger partial charge >= 0.3 is 5.97 Å². The standard InChI is InChI=1S/C19H19N3O5/c1-20-15-9-8-14(11-17(15)22(25)26)19(24)27-12-18(23)21-10-4-6-13-5-2-3-7-16(13)21/h2-3,5,7-9,11,20H,4,6,10,12H2,1H3. The Morgan fingerprint density at radius 3 is 2.78 bits per heavy atom. The molecule has 0 fully saturated rings. The number of carbonyl (C=O) groups is 2. The van der Waals surface area contributed by atoms with Crippen molar-refractivity contribution in [3.05, 3.63) is 63.7 Å². The second-order valence-electron chi connectivity index (χ2n) is 6.09. The Bertz CT molecular complexity index is 897. The lowest BCUT2D eigenvalue weighted by Crippen LogP contribution is -2.38. The van der Waals surface area contributed by atoms with Crippen molar-refractivity contribution in [3.63, 3.8) is 0 Å². The number of ether oxygens (including phenoxy) is 1. The summed E-state index contributed by atoms with van der Waals surface area (Å²) in [5, 5.41) is 13.8. The van der Waals surface area contributed by atoms with E-state index in [2.05, 4.69) is 5.32 Å². The van der Waals surface area contributed by atoms with E-state index >= 15 is 0 Å². The van der Waals surface area contributed by atoms with Crippen LogP contribution in [0.15, 0.2) is 42.5 Å². The molecule has 0 aliphatic carbocycles. The van der Waals surface area contributed by atoms with E-state index in [-0.39, 0.29) is 22.8 Å². The van der Waals surface area contributed by atoms with Crippen LogP contribution in [-0.4, -0.2) is 37.0 Å². The van der Waals surface area contributed by atoms with Crippen molar-refractivity contribution in [2.75, 3.05) is 30.4 Å². The van der Waals surface area contributed by atoms with Gasteiger partial charge in [-0.2, -0.15) is 0 Å². The molecule has 2 aromatic carbocycles. The summed E-state index contributed by atoms with van der Waals surface area (Å²) in [6.45, 7) is 0.143. The van der Waals surface area contributed by atoms with E-state index in [1.54, 1.807) is 11.9 Å². The van der Waals surface area contributed by atoms with Gasteiger partial charge in [0.2, 0.25) is 0 Å². The molecule has 0 aromatic heterocycles. The quantitative estimate of drug-likeness (QED) is 0.494. The minimum Gasteiger partial charge on any atom is -0.452 e. The molecule has 1 amide bonds. The SMILES string of the molecule is CNc1ccc(C(=O)OCC(=O)N2CCCc3ccccc32)cc1[N+](=O)[O-]. The van der Waals surface area contributed by atoms with Crippen molar-refractivity contribution in [1.82, 2.24) is 0 Å². The number of rotatable bonds is 5. The molecule has 140 valence electrons. The van der Waals surface area contributed by atoms with Gasteiger partial charge in [0.05, 0.1) is 10.5 Å². The second kappa shape index (κ2) is 7.86. The summed E-state index contributed by atoms with van der Waals surface area (Å²) in [5.74, 6) is -1.10. The van der Waals surface area contributed by atoms with Crippen LogP contribution in [0.4, 0.5) is 17.1 Å². The average Bonchev–Trinajstić information content (AvgIpc) is 2.70. The van der Waals surface area contributed by atoms with Crippen molar-refractivity contribution < 1.29 is 19.2 Å². The summed E-state index contributed by atoms with van der Waals surface area (Å²) in [6, 6.07) is 11.6. The van der Waals surface area contributed by atoms with Crippen LogP contribution in [0.1, 0.15) is 22.3 Å². The first-order valence-electron chi connectivity index (χ1n) is 8.53. The molecule has 0 unspecified atom stereocenters. The molecule has 0 spiro atoms. The van der Waals surface area contributed by atoms with Gasteiger partial charge in [-0.05, 0) is 36.6 Å². The second-order valence-corrected chi connectivity index (χ2v) is 6.09. The molecular weight excluding hydrogens is 350 g/mol. The first kappa shape index (κ1) is 18.4. The Hall–Kier alpha value is -3.42. The molecule has 1 N–H and O–H groups in total. The van der Waals surface area contributed by atoms with E-state index in [0.717, 1.165) is 30.2 Å². The summed E-state index contributed by atoms with van der Waals surface area (Å²) in [6.07, 6.45) is 1.75. The van der Waals surface area contributed by atoms with Crippen molar-refractivity contribution in [2.24, 2.45) is 0 Å². The van der Waals surface area contributed by atoms with Gasteiger partial charge in [-0.25, -0.2) is 4.79 Å². The molecule has 1 aliphatic heterocycles. The number of para-hydroxylation sites is 1. The third-order valence-electron chi connectivity index (χ3n) is 4.44. The molecule has 0 bridgehead atoms. The highest BCUT2D eigenvalue weighted by Gasteiger charge is 2.24. The van der Waals surface area contributed by atoms with Crippen molar-refractivity contribution in [1.29, 1.82) is 0 Å². The zero-order valence-electron chi connectivity index (χ0n) is 14.8. The largest absolute Gasteiger partial charge is 0.452 e. The lowest BCUT2D eigenvalue weighted by Gasteiger charge is -2.29. The van der Waals surface area contributed by atoms with E-state index < -0.39 is 17.5 Å². The highest BCUT2D eigenvalue weighted by atomic mass is 16.6. The predicted octanol–water partition coefficient (Wildman–Crippen LogP) is 2.77. The molecule has 2 aromatic rings. The molecule has 3 rings (SSSR count). The monoisotopic (exact) mass is 369 g/mol. The van der Waals surface area contributed by atoms with Crippen LogP contribution < -0.4 is 10.2 Å². The van der Waals surface area contributed by atoms with E-state index in [1.807, 2.05) is 24.3 Å². The minimum absolute atomic E-state index is 0.0209. The van der Waals surface area contributed by atoms with E-state index in [4.69, 9.17) is 4.74 Å². The first-order chi connectivity index (χ1) is 13.0. The smallest absolute Gasteiger partial charge is 0.338 e. The number of hydrogen-bond donors (Lipinski definition) is 1. The summed E-state index contributed by atoms with van der Waals surface area (Å²) in [7, 11) is 1.55. The fourth-order valence-electron chi connectivity index (χ4n) is 3.10. The molecule has 0 saturated heterocycles. The van der Waals surface area contributed by atoms with Crippen molar-refractivity contribution >= 4 is 28.9 Å². The number of anilines is 2. The number of nitro groups is 1. The molecule has 8 nitrogen and oxygen atoms in total. The number of nitro benzene ring substituents is 1. The maximum absolute atomic E-state index is 12.5. The number of esters is 1. The highest BCUT2D eigenvalue weighted by Crippen LogP contribution is 2.27. The minimum atomic E-state index is -0.778. The molecule has 0 radical (unpaired) electrons. The average molecular weight is 369 g/mol. The Morgan fingerprint density at radius 1 is 1.26 bits per heavy atom. The van der Waals surface area contributed by atoms with Crippen LogP contribution in [0.25, 0.3) is 0 Å². The van der Waals surface area contributed by atoms with E-state index in [1.165, 1.54) is 12.1 Å². The number of amides is 1. The van der Waals surface area contributed by atoms with Gasteiger partial charge in [-0.1, -0.05) is 18.2 Å². The number of aryl methyl sites for hydroxylation is 1. The number of nitrogens with one attached hydrogen (secondary N) is 1. The van der Waals surface area contributed by atoms with Crippen LogP contribution in [0.2, 0.25) is 0 Å². The molecule has 0 atom stereocenters. The molecule has 1 aliphatic rings. The van der Waals surface area contributed by atoms with Gasteiger partial charge < -0.3 is 15.0 Å². The summed E-state index contributed by atoms with van der Waals surface area (Å²) < 4.78 is 5.09. The van der Waals surface area contributed by atoms with Gasteiger partial charge in [0.15, 0.2) is 6.61 Å². The molecule has 0 saturated carbocycles. The predicted molar refractivity (Wildman–Crippen MR) is 100 cm³/mol. The third kappa shape index (κ3) is 3.89. The fraction of sp³-hybridized carbons (Fsp3) is 0.263. The summed E-state index contributed by atoms with van der Waals surface area (Å²) >= 11 is 0. The lowest BCUT2D eigenvalue weighted by molar-refractivity contribution is -0.384. The normalized spacial score (nSPS) is 12.9. The van der Waals surface area contributed by atoms with Gasteiger partial charge in [0.1, 0.15) is 5.69 Å². The van der Waals surface area contributed by atoms with Crippen LogP contribution >= 0.6 is 0 Å². The number of benzene rings is 2. The van der Waals surface area contributed by atoms with Crippen LogP contribution in [0.3, 0.4) is 0 Å². The van der Waals surface area contributed by atoms with Crippen LogP contribution in [0, 0.1) is 10.1 Å². The van der Waals surface area contributed by atoms with Gasteiger partial charge in [-0.3, -0.25) is 14.9 Å². The Balaban J connectivity index is 1.69. The number of fused-ring (bicyclic) bond motifs is 1. The molecular formula is C19H19N3O5. The van der Waals surface area contributed by atoms with Gasteiger partial charge in [0, 0.05) is 25.3 Å². The number of nitrogens with zero attached hydrogens (tertiary/aromatic N) is 2. The van der Waals surface area contributed by atoms with Gasteiger partial charge in [0.25, 0.3) is 11.6 Å². The summed E-state index contributed by atoms with van der Waals surface area (Å²) in [4.78, 5) is 36.8. The van der Waals surface area contributed by atoms with E-state index in [9.17, 15) is 19.7 Å². The summed E-state index contributed by atoms with van der Waals surface area (Å²) in [5.41, 5.74) is 1.99.